The number of nitrogens with zero attached hydrogens (tertiary/aromatic N) is 1. The minimum absolute atomic E-state index is 0.0865. The summed E-state index contributed by atoms with van der Waals surface area (Å²) in [4.78, 5) is 25.9. The van der Waals surface area contributed by atoms with Crippen LogP contribution in [-0.2, 0) is 9.59 Å². The summed E-state index contributed by atoms with van der Waals surface area (Å²) in [6.45, 7) is 5.50. The topological polar surface area (TPSA) is 75.4 Å². The maximum Gasteiger partial charge on any atom is 0.239 e. The maximum absolute atomic E-state index is 12.2. The van der Waals surface area contributed by atoms with Crippen LogP contribution in [-0.4, -0.2) is 36.3 Å². The summed E-state index contributed by atoms with van der Waals surface area (Å²) in [7, 11) is 0. The van der Waals surface area contributed by atoms with Crippen molar-refractivity contribution >= 4 is 11.8 Å². The largest absolute Gasteiger partial charge is 0.353 e. The van der Waals surface area contributed by atoms with E-state index < -0.39 is 0 Å². The van der Waals surface area contributed by atoms with Crippen molar-refractivity contribution in [1.29, 1.82) is 0 Å². The van der Waals surface area contributed by atoms with E-state index in [-0.39, 0.29) is 24.4 Å². The predicted molar refractivity (Wildman–Crippen MR) is 100 cm³/mol. The summed E-state index contributed by atoms with van der Waals surface area (Å²) in [5, 5.41) is 2.86. The smallest absolute Gasteiger partial charge is 0.239 e. The Kier molecular flexibility index (Phi) is 7.44. The minimum atomic E-state index is -0.242. The van der Waals surface area contributed by atoms with E-state index in [1.165, 1.54) is 5.56 Å². The first-order chi connectivity index (χ1) is 12.0. The highest BCUT2D eigenvalue weighted by molar-refractivity contribution is 5.84. The van der Waals surface area contributed by atoms with Gasteiger partial charge in [0.1, 0.15) is 0 Å². The molecule has 2 amide bonds. The van der Waals surface area contributed by atoms with E-state index in [2.05, 4.69) is 31.3 Å². The third kappa shape index (κ3) is 6.16. The molecule has 1 aromatic rings. The maximum atomic E-state index is 12.2. The molecule has 25 heavy (non-hydrogen) atoms. The van der Waals surface area contributed by atoms with E-state index in [1.54, 1.807) is 4.90 Å². The summed E-state index contributed by atoms with van der Waals surface area (Å²) in [5.74, 6) is 0.437. The number of carbonyl (C=O) groups is 2. The van der Waals surface area contributed by atoms with Gasteiger partial charge in [-0.3, -0.25) is 9.59 Å². The molecule has 3 N–H and O–H groups in total. The minimum Gasteiger partial charge on any atom is -0.353 e. The van der Waals surface area contributed by atoms with Crippen molar-refractivity contribution in [3.8, 4) is 0 Å². The number of rotatable bonds is 6. The molecule has 0 bridgehead atoms. The van der Waals surface area contributed by atoms with Gasteiger partial charge >= 0.3 is 0 Å². The molecule has 1 heterocycles. The highest BCUT2D eigenvalue weighted by atomic mass is 16.2. The molecule has 1 fully saturated rings. The van der Waals surface area contributed by atoms with Crippen LogP contribution in [0.1, 0.15) is 69.0 Å². The molecule has 0 aromatic heterocycles. The van der Waals surface area contributed by atoms with Crippen molar-refractivity contribution in [2.75, 3.05) is 19.6 Å². The van der Waals surface area contributed by atoms with Crippen molar-refractivity contribution < 1.29 is 9.59 Å². The van der Waals surface area contributed by atoms with Crippen LogP contribution in [0.15, 0.2) is 24.3 Å². The zero-order valence-corrected chi connectivity index (χ0v) is 15.5. The van der Waals surface area contributed by atoms with Gasteiger partial charge in [0.2, 0.25) is 11.8 Å². The Morgan fingerprint density at radius 2 is 1.76 bits per heavy atom. The van der Waals surface area contributed by atoms with Crippen molar-refractivity contribution in [3.63, 3.8) is 0 Å². The van der Waals surface area contributed by atoms with Crippen molar-refractivity contribution in [3.05, 3.63) is 35.4 Å². The first-order valence-electron chi connectivity index (χ1n) is 9.37. The summed E-state index contributed by atoms with van der Waals surface area (Å²) in [6.07, 6.45) is 4.68. The summed E-state index contributed by atoms with van der Waals surface area (Å²) >= 11 is 0. The van der Waals surface area contributed by atoms with E-state index in [1.807, 2.05) is 12.1 Å². The Labute approximate surface area is 151 Å². The van der Waals surface area contributed by atoms with Gasteiger partial charge in [0.15, 0.2) is 0 Å². The Morgan fingerprint density at radius 1 is 1.12 bits per heavy atom. The molecule has 0 aliphatic carbocycles. The Balaban J connectivity index is 1.80. The van der Waals surface area contributed by atoms with Gasteiger partial charge in [-0.15, -0.1) is 0 Å². The molecule has 1 aromatic carbocycles. The molecule has 0 spiro atoms. The van der Waals surface area contributed by atoms with Gasteiger partial charge in [-0.2, -0.15) is 0 Å². The first kappa shape index (κ1) is 19.4. The summed E-state index contributed by atoms with van der Waals surface area (Å²) < 4.78 is 0. The van der Waals surface area contributed by atoms with Gasteiger partial charge in [0, 0.05) is 25.6 Å². The lowest BCUT2D eigenvalue weighted by atomic mass is 9.99. The molecule has 1 atom stereocenters. The second-order valence-electron chi connectivity index (χ2n) is 7.21. The number of nitrogens with two attached hydrogens (primary N) is 1. The van der Waals surface area contributed by atoms with Crippen LogP contribution >= 0.6 is 0 Å². The van der Waals surface area contributed by atoms with Gasteiger partial charge in [0.05, 0.1) is 6.54 Å². The fourth-order valence-corrected chi connectivity index (χ4v) is 3.08. The van der Waals surface area contributed by atoms with Crippen LogP contribution in [0.2, 0.25) is 0 Å². The molecule has 1 unspecified atom stereocenters. The number of likely N-dealkylation sites (tertiary alicyclic amines) is 1. The summed E-state index contributed by atoms with van der Waals surface area (Å²) in [6, 6.07) is 7.97. The molecule has 2 rings (SSSR count). The lowest BCUT2D eigenvalue weighted by molar-refractivity contribution is -0.136. The van der Waals surface area contributed by atoms with Crippen molar-refractivity contribution in [1.82, 2.24) is 10.2 Å². The molecule has 5 nitrogen and oxygen atoms in total. The lowest BCUT2D eigenvalue weighted by Gasteiger charge is -2.24. The van der Waals surface area contributed by atoms with Gasteiger partial charge < -0.3 is 16.0 Å². The van der Waals surface area contributed by atoms with Gasteiger partial charge in [-0.1, -0.05) is 51.0 Å². The molecular weight excluding hydrogens is 314 g/mol. The van der Waals surface area contributed by atoms with Crippen LogP contribution in [0, 0.1) is 0 Å². The normalized spacial score (nSPS) is 17.1. The molecule has 138 valence electrons. The van der Waals surface area contributed by atoms with E-state index in [0.717, 1.165) is 31.2 Å². The highest BCUT2D eigenvalue weighted by Crippen LogP contribution is 2.17. The van der Waals surface area contributed by atoms with E-state index in [4.69, 9.17) is 5.73 Å². The third-order valence-corrected chi connectivity index (χ3v) is 4.81. The zero-order valence-electron chi connectivity index (χ0n) is 15.5. The fourth-order valence-electron chi connectivity index (χ4n) is 3.08. The van der Waals surface area contributed by atoms with Crippen molar-refractivity contribution in [2.24, 2.45) is 5.73 Å². The van der Waals surface area contributed by atoms with Crippen LogP contribution < -0.4 is 11.1 Å². The van der Waals surface area contributed by atoms with Crippen LogP contribution in [0.5, 0.6) is 0 Å². The molecule has 1 aliphatic rings. The van der Waals surface area contributed by atoms with E-state index in [0.29, 0.717) is 25.4 Å². The predicted octanol–water partition coefficient (Wildman–Crippen LogP) is 2.72. The van der Waals surface area contributed by atoms with Gasteiger partial charge in [0.25, 0.3) is 0 Å². The SMILES string of the molecule is CC(C)c1ccc(C(N)CNC(=O)CN2CCCCCCC2=O)cc1. The van der Waals surface area contributed by atoms with Gasteiger partial charge in [-0.25, -0.2) is 0 Å². The average Bonchev–Trinajstić information content (AvgIpc) is 2.59. The second kappa shape index (κ2) is 9.56. The zero-order chi connectivity index (χ0) is 18.2. The third-order valence-electron chi connectivity index (χ3n) is 4.81. The molecule has 1 aliphatic heterocycles. The van der Waals surface area contributed by atoms with E-state index >= 15 is 0 Å². The fraction of sp³-hybridized carbons (Fsp3) is 0.600. The average molecular weight is 345 g/mol. The van der Waals surface area contributed by atoms with Crippen molar-refractivity contribution in [2.45, 2.75) is 57.9 Å². The summed E-state index contributed by atoms with van der Waals surface area (Å²) in [5.41, 5.74) is 8.46. The number of carbonyl (C=O) groups excluding carboxylic acids is 2. The van der Waals surface area contributed by atoms with Crippen LogP contribution in [0.3, 0.4) is 0 Å². The quantitative estimate of drug-likeness (QED) is 0.832. The van der Waals surface area contributed by atoms with E-state index in [9.17, 15) is 9.59 Å². The molecule has 0 saturated carbocycles. The molecular formula is C20H31N3O2. The first-order valence-corrected chi connectivity index (χ1v) is 9.37. The number of benzene rings is 1. The second-order valence-corrected chi connectivity index (χ2v) is 7.21. The number of hydrogen-bond acceptors (Lipinski definition) is 3. The molecule has 5 heteroatoms. The highest BCUT2D eigenvalue weighted by Gasteiger charge is 2.18. The monoisotopic (exact) mass is 345 g/mol. The number of hydrogen-bond donors (Lipinski definition) is 2. The Hall–Kier alpha value is -1.88. The lowest BCUT2D eigenvalue weighted by Crippen LogP contribution is -2.43. The number of nitrogens with one attached hydrogen (secondary N) is 1. The number of amides is 2. The Bertz CT molecular complexity index is 569. The van der Waals surface area contributed by atoms with Crippen LogP contribution in [0.25, 0.3) is 0 Å². The molecule has 0 radical (unpaired) electrons. The molecule has 1 saturated heterocycles. The van der Waals surface area contributed by atoms with Crippen LogP contribution in [0.4, 0.5) is 0 Å². The standard InChI is InChI=1S/C20H31N3O2/c1-15(2)16-8-10-17(11-9-16)18(21)13-22-19(24)14-23-12-6-4-3-5-7-20(23)25/h8-11,15,18H,3-7,12-14,21H2,1-2H3,(H,22,24). The van der Waals surface area contributed by atoms with Gasteiger partial charge in [-0.05, 0) is 29.9 Å². The Morgan fingerprint density at radius 3 is 2.44 bits per heavy atom.